The van der Waals surface area contributed by atoms with Gasteiger partial charge in [0, 0.05) is 5.56 Å². The van der Waals surface area contributed by atoms with Crippen LogP contribution in [-0.4, -0.2) is 11.8 Å². The zero-order valence-electron chi connectivity index (χ0n) is 9.80. The van der Waals surface area contributed by atoms with Gasteiger partial charge in [0.1, 0.15) is 11.8 Å². The average Bonchev–Trinajstić information content (AvgIpc) is 2.15. The number of benzene rings is 1. The van der Waals surface area contributed by atoms with Crippen LogP contribution in [-0.2, 0) is 11.0 Å². The van der Waals surface area contributed by atoms with E-state index in [9.17, 15) is 13.2 Å². The molecule has 1 radical (unpaired) electrons. The largest absolute Gasteiger partial charge is 0.416 e. The van der Waals surface area contributed by atoms with Gasteiger partial charge < -0.3 is 4.84 Å². The third-order valence-corrected chi connectivity index (χ3v) is 1.71. The maximum Gasteiger partial charge on any atom is 0.416 e. The lowest BCUT2D eigenvalue weighted by molar-refractivity contribution is -0.137. The second kappa shape index (κ2) is 4.77. The van der Waals surface area contributed by atoms with Crippen LogP contribution in [0.5, 0.6) is 0 Å². The molecule has 0 saturated heterocycles. The van der Waals surface area contributed by atoms with Gasteiger partial charge in [-0.05, 0) is 32.9 Å². The second-order valence-electron chi connectivity index (χ2n) is 4.48. The van der Waals surface area contributed by atoms with Crippen molar-refractivity contribution in [2.24, 2.45) is 5.16 Å². The molecule has 0 aliphatic carbocycles. The highest BCUT2D eigenvalue weighted by molar-refractivity contribution is 5.79. The van der Waals surface area contributed by atoms with E-state index >= 15 is 0 Å². The van der Waals surface area contributed by atoms with Gasteiger partial charge in [-0.25, -0.2) is 0 Å². The number of alkyl halides is 3. The van der Waals surface area contributed by atoms with Crippen LogP contribution in [0, 0.1) is 0 Å². The smallest absolute Gasteiger partial charge is 0.390 e. The molecule has 0 spiro atoms. The molecule has 0 fully saturated rings. The monoisotopic (exact) mass is 244 g/mol. The van der Waals surface area contributed by atoms with Crippen molar-refractivity contribution in [3.8, 4) is 0 Å². The van der Waals surface area contributed by atoms with Gasteiger partial charge in [0.25, 0.3) is 0 Å². The molecular formula is C12H13F3NO. The molecule has 0 unspecified atom stereocenters. The van der Waals surface area contributed by atoms with E-state index in [2.05, 4.69) is 11.4 Å². The first-order valence-electron chi connectivity index (χ1n) is 5.00. The highest BCUT2D eigenvalue weighted by atomic mass is 19.4. The van der Waals surface area contributed by atoms with Crippen molar-refractivity contribution in [2.45, 2.75) is 32.5 Å². The predicted octanol–water partition coefficient (Wildman–Crippen LogP) is 3.73. The van der Waals surface area contributed by atoms with Gasteiger partial charge in [0.05, 0.1) is 5.56 Å². The number of rotatable bonds is 2. The Labute approximate surface area is 98.1 Å². The molecule has 0 saturated carbocycles. The summed E-state index contributed by atoms with van der Waals surface area (Å²) in [6.45, 7) is 5.43. The standard InChI is InChI=1S/C12H13F3NO/c1-11(2,3)17-16-8-9-4-6-10(7-5-9)12(13,14)15/h4-7H,1-3H3. The molecule has 1 aromatic rings. The fourth-order valence-corrected chi connectivity index (χ4v) is 0.946. The summed E-state index contributed by atoms with van der Waals surface area (Å²) in [4.78, 5) is 5.02. The summed E-state index contributed by atoms with van der Waals surface area (Å²) in [7, 11) is 0. The summed E-state index contributed by atoms with van der Waals surface area (Å²) >= 11 is 0. The Morgan fingerprint density at radius 3 is 2.00 bits per heavy atom. The molecule has 1 rings (SSSR count). The summed E-state index contributed by atoms with van der Waals surface area (Å²) in [6.07, 6.45) is -1.81. The predicted molar refractivity (Wildman–Crippen MR) is 58.8 cm³/mol. The van der Waals surface area contributed by atoms with Crippen molar-refractivity contribution in [2.75, 3.05) is 0 Å². The Kier molecular flexibility index (Phi) is 3.80. The Morgan fingerprint density at radius 1 is 1.06 bits per heavy atom. The topological polar surface area (TPSA) is 21.6 Å². The molecule has 93 valence electrons. The maximum atomic E-state index is 12.3. The fourth-order valence-electron chi connectivity index (χ4n) is 0.946. The van der Waals surface area contributed by atoms with Gasteiger partial charge >= 0.3 is 6.18 Å². The highest BCUT2D eigenvalue weighted by Crippen LogP contribution is 2.28. The number of nitrogens with zero attached hydrogens (tertiary/aromatic N) is 1. The third kappa shape index (κ3) is 4.89. The lowest BCUT2D eigenvalue weighted by Gasteiger charge is -2.14. The lowest BCUT2D eigenvalue weighted by atomic mass is 10.1. The maximum absolute atomic E-state index is 12.3. The van der Waals surface area contributed by atoms with E-state index in [1.54, 1.807) is 0 Å². The molecule has 0 aliphatic heterocycles. The van der Waals surface area contributed by atoms with Gasteiger partial charge in [-0.1, -0.05) is 17.3 Å². The van der Waals surface area contributed by atoms with Gasteiger partial charge in [0.15, 0.2) is 0 Å². The van der Waals surface area contributed by atoms with Crippen molar-refractivity contribution in [3.05, 3.63) is 35.4 Å². The van der Waals surface area contributed by atoms with E-state index < -0.39 is 17.3 Å². The van der Waals surface area contributed by atoms with Crippen LogP contribution in [0.1, 0.15) is 31.9 Å². The molecule has 17 heavy (non-hydrogen) atoms. The van der Waals surface area contributed by atoms with Crippen molar-refractivity contribution < 1.29 is 18.0 Å². The highest BCUT2D eigenvalue weighted by Gasteiger charge is 2.29. The van der Waals surface area contributed by atoms with Crippen LogP contribution < -0.4 is 0 Å². The van der Waals surface area contributed by atoms with Crippen molar-refractivity contribution >= 4 is 6.21 Å². The number of halogens is 3. The normalized spacial score (nSPS) is 13.1. The van der Waals surface area contributed by atoms with E-state index in [4.69, 9.17) is 4.84 Å². The minimum absolute atomic E-state index is 0.433. The van der Waals surface area contributed by atoms with Crippen molar-refractivity contribution in [3.63, 3.8) is 0 Å². The summed E-state index contributed by atoms with van der Waals surface area (Å²) in [5.41, 5.74) is -0.708. The Hall–Kier alpha value is -1.52. The van der Waals surface area contributed by atoms with Crippen molar-refractivity contribution in [1.82, 2.24) is 0 Å². The molecule has 0 amide bonds. The van der Waals surface area contributed by atoms with Crippen LogP contribution in [0.3, 0.4) is 0 Å². The Balaban J connectivity index is 2.69. The SMILES string of the molecule is CC(C)(C)O/N=[C]/c1ccc(C(F)(F)F)cc1. The zero-order valence-corrected chi connectivity index (χ0v) is 9.80. The Morgan fingerprint density at radius 2 is 1.59 bits per heavy atom. The summed E-state index contributed by atoms with van der Waals surface area (Å²) in [6, 6.07) is 4.54. The first kappa shape index (κ1) is 13.5. The summed E-state index contributed by atoms with van der Waals surface area (Å²) in [5.74, 6) is 0. The van der Waals surface area contributed by atoms with Crippen LogP contribution in [0.15, 0.2) is 29.4 Å². The van der Waals surface area contributed by atoms with E-state index in [1.807, 2.05) is 20.8 Å². The zero-order chi connectivity index (χ0) is 13.1. The molecule has 0 heterocycles. The first-order valence-corrected chi connectivity index (χ1v) is 5.00. The molecule has 1 aromatic carbocycles. The lowest BCUT2D eigenvalue weighted by Crippen LogP contribution is -2.15. The van der Waals surface area contributed by atoms with Crippen LogP contribution >= 0.6 is 0 Å². The third-order valence-electron chi connectivity index (χ3n) is 1.71. The Bertz CT molecular complexity index is 388. The van der Waals surface area contributed by atoms with E-state index in [-0.39, 0.29) is 0 Å². The molecular weight excluding hydrogens is 231 g/mol. The molecule has 0 N–H and O–H groups in total. The molecule has 0 atom stereocenters. The molecule has 0 bridgehead atoms. The van der Waals surface area contributed by atoms with Crippen molar-refractivity contribution in [1.29, 1.82) is 0 Å². The van der Waals surface area contributed by atoms with Gasteiger partial charge in [-0.3, -0.25) is 0 Å². The fraction of sp³-hybridized carbons (Fsp3) is 0.417. The molecule has 0 aliphatic rings. The minimum atomic E-state index is -4.32. The number of hydrogen-bond acceptors (Lipinski definition) is 2. The second-order valence-corrected chi connectivity index (χ2v) is 4.48. The average molecular weight is 244 g/mol. The first-order chi connectivity index (χ1) is 7.68. The van der Waals surface area contributed by atoms with E-state index in [0.29, 0.717) is 5.56 Å². The van der Waals surface area contributed by atoms with Gasteiger partial charge in [0.2, 0.25) is 0 Å². The van der Waals surface area contributed by atoms with Crippen LogP contribution in [0.4, 0.5) is 13.2 Å². The molecule has 0 aromatic heterocycles. The van der Waals surface area contributed by atoms with E-state index in [0.717, 1.165) is 12.1 Å². The van der Waals surface area contributed by atoms with Crippen LogP contribution in [0.25, 0.3) is 0 Å². The summed E-state index contributed by atoms with van der Waals surface area (Å²) < 4.78 is 36.8. The summed E-state index contributed by atoms with van der Waals surface area (Å²) in [5, 5.41) is 3.57. The van der Waals surface area contributed by atoms with Crippen LogP contribution in [0.2, 0.25) is 0 Å². The number of hydrogen-bond donors (Lipinski definition) is 0. The molecule has 2 nitrogen and oxygen atoms in total. The van der Waals surface area contributed by atoms with Gasteiger partial charge in [-0.2, -0.15) is 13.2 Å². The van der Waals surface area contributed by atoms with Gasteiger partial charge in [-0.15, -0.1) is 0 Å². The minimum Gasteiger partial charge on any atom is -0.390 e. The van der Waals surface area contributed by atoms with E-state index in [1.165, 1.54) is 12.1 Å². The quantitative estimate of drug-likeness (QED) is 0.573. The molecule has 5 heteroatoms.